The van der Waals surface area contributed by atoms with Crippen molar-refractivity contribution in [2.45, 2.75) is 78.3 Å². The van der Waals surface area contributed by atoms with Gasteiger partial charge < -0.3 is 39.5 Å². The Morgan fingerprint density at radius 1 is 0.915 bits per heavy atom. The number of carbonyl (C=O) groups excluding carboxylic acids is 4. The molecule has 0 aliphatic carbocycles. The van der Waals surface area contributed by atoms with E-state index in [4.69, 9.17) is 18.9 Å². The Hall–Kier alpha value is -4.91. The Balaban J connectivity index is 1.79. The molecule has 0 saturated heterocycles. The number of anilines is 1. The predicted octanol–water partition coefficient (Wildman–Crippen LogP) is 4.38. The van der Waals surface area contributed by atoms with Crippen LogP contribution in [0.1, 0.15) is 65.6 Å². The minimum atomic E-state index is -1.44. The maximum atomic E-state index is 13.5. The van der Waals surface area contributed by atoms with Crippen molar-refractivity contribution >= 4 is 29.7 Å². The van der Waals surface area contributed by atoms with Crippen LogP contribution in [-0.2, 0) is 35.2 Å². The van der Waals surface area contributed by atoms with Crippen molar-refractivity contribution in [3.8, 4) is 5.75 Å². The van der Waals surface area contributed by atoms with Crippen LogP contribution in [0.4, 0.5) is 10.6 Å². The first-order valence-electron chi connectivity index (χ1n) is 15.4. The van der Waals surface area contributed by atoms with Crippen LogP contribution >= 0.6 is 0 Å². The van der Waals surface area contributed by atoms with E-state index in [0.717, 1.165) is 5.56 Å². The maximum absolute atomic E-state index is 13.5. The van der Waals surface area contributed by atoms with Gasteiger partial charge in [0.15, 0.2) is 11.9 Å². The highest BCUT2D eigenvalue weighted by atomic mass is 16.6. The van der Waals surface area contributed by atoms with E-state index >= 15 is 0 Å². The number of ether oxygens (including phenoxy) is 4. The molecule has 0 fully saturated rings. The highest BCUT2D eigenvalue weighted by Crippen LogP contribution is 2.24. The summed E-state index contributed by atoms with van der Waals surface area (Å²) in [6.07, 6.45) is 2.11. The lowest BCUT2D eigenvalue weighted by atomic mass is 10.0. The van der Waals surface area contributed by atoms with Crippen LogP contribution in [0.2, 0.25) is 0 Å². The van der Waals surface area contributed by atoms with Crippen LogP contribution < -0.4 is 20.7 Å². The average molecular weight is 652 g/mol. The fourth-order valence-corrected chi connectivity index (χ4v) is 4.33. The zero-order chi connectivity index (χ0) is 34.6. The molecule has 3 N–H and O–H groups in total. The molecule has 254 valence electrons. The number of aromatic nitrogens is 2. The molecule has 2 aromatic carbocycles. The Labute approximate surface area is 275 Å². The Bertz CT molecular complexity index is 1480. The first kappa shape index (κ1) is 36.6. The predicted molar refractivity (Wildman–Crippen MR) is 175 cm³/mol. The highest BCUT2D eigenvalue weighted by molar-refractivity contribution is 5.98. The lowest BCUT2D eigenvalue weighted by Crippen LogP contribution is -2.59. The third-order valence-electron chi connectivity index (χ3n) is 6.57. The van der Waals surface area contributed by atoms with E-state index in [1.165, 1.54) is 30.9 Å². The lowest BCUT2D eigenvalue weighted by molar-refractivity contribution is -0.145. The minimum Gasteiger partial charge on any atom is -0.494 e. The van der Waals surface area contributed by atoms with Gasteiger partial charge >= 0.3 is 12.1 Å². The summed E-state index contributed by atoms with van der Waals surface area (Å²) in [5.41, 5.74) is -0.705. The van der Waals surface area contributed by atoms with Crippen LogP contribution in [0.15, 0.2) is 67.1 Å². The molecule has 1 aromatic heterocycles. The number of rotatable bonds is 15. The molecule has 13 nitrogen and oxygen atoms in total. The van der Waals surface area contributed by atoms with E-state index in [1.54, 1.807) is 52.0 Å². The second-order valence-corrected chi connectivity index (χ2v) is 12.1. The molecule has 0 bridgehead atoms. The van der Waals surface area contributed by atoms with Crippen molar-refractivity contribution < 1.29 is 38.1 Å². The molecule has 0 spiro atoms. The number of benzene rings is 2. The van der Waals surface area contributed by atoms with Crippen molar-refractivity contribution in [1.29, 1.82) is 0 Å². The van der Waals surface area contributed by atoms with E-state index in [0.29, 0.717) is 17.9 Å². The normalized spacial score (nSPS) is 12.7. The average Bonchev–Trinajstić information content (AvgIpc) is 3.44. The Morgan fingerprint density at radius 2 is 1.60 bits per heavy atom. The van der Waals surface area contributed by atoms with Crippen molar-refractivity contribution in [2.24, 2.45) is 0 Å². The van der Waals surface area contributed by atoms with E-state index < -0.39 is 47.1 Å². The van der Waals surface area contributed by atoms with Gasteiger partial charge in [-0.05, 0) is 71.7 Å². The minimum absolute atomic E-state index is 0.128. The van der Waals surface area contributed by atoms with Crippen LogP contribution in [0.25, 0.3) is 0 Å². The summed E-state index contributed by atoms with van der Waals surface area (Å²) in [6.45, 7) is 12.4. The Morgan fingerprint density at radius 3 is 2.21 bits per heavy atom. The molecule has 0 aliphatic heterocycles. The standard InChI is InChI=1S/C34H45N5O8/c1-8-45-25-17-15-24(16-18-25)28(30(41)46-9-2)39-19-27(35-22-39)37-29(40)26(21-44-20-23-13-11-10-12-14-23)36-31(42)34(6,7)38-32(43)47-33(3,4)5/h10-19,22,26,28H,8-9,20-21H2,1-7H3,(H,36,42)(H,37,40)(H,38,43)/t26-,28?/m1/s1. The fourth-order valence-electron chi connectivity index (χ4n) is 4.33. The van der Waals surface area contributed by atoms with Gasteiger partial charge in [-0.2, -0.15) is 0 Å². The quantitative estimate of drug-likeness (QED) is 0.203. The third kappa shape index (κ3) is 11.4. The smallest absolute Gasteiger partial charge is 0.408 e. The zero-order valence-electron chi connectivity index (χ0n) is 28.0. The number of hydrogen-bond acceptors (Lipinski definition) is 9. The summed E-state index contributed by atoms with van der Waals surface area (Å²) >= 11 is 0. The molecule has 13 heteroatoms. The van der Waals surface area contributed by atoms with E-state index in [-0.39, 0.29) is 25.6 Å². The molecule has 0 aliphatic rings. The highest BCUT2D eigenvalue weighted by Gasteiger charge is 2.35. The van der Waals surface area contributed by atoms with Crippen molar-refractivity contribution in [3.63, 3.8) is 0 Å². The van der Waals surface area contributed by atoms with Gasteiger partial charge in [0.05, 0.1) is 32.8 Å². The number of nitrogens with one attached hydrogen (secondary N) is 3. The summed E-state index contributed by atoms with van der Waals surface area (Å²) in [7, 11) is 0. The molecule has 3 rings (SSSR count). The number of alkyl carbamates (subject to hydrolysis) is 1. The summed E-state index contributed by atoms with van der Waals surface area (Å²) in [6, 6.07) is 14.3. The van der Waals surface area contributed by atoms with Crippen molar-refractivity contribution in [3.05, 3.63) is 78.2 Å². The van der Waals surface area contributed by atoms with Gasteiger partial charge in [-0.1, -0.05) is 42.5 Å². The number of imidazole rings is 1. The van der Waals surface area contributed by atoms with Crippen LogP contribution in [-0.4, -0.2) is 70.4 Å². The largest absolute Gasteiger partial charge is 0.494 e. The number of amides is 3. The SMILES string of the molecule is CCOC(=O)C(c1ccc(OCC)cc1)n1cnc(NC(=O)[C@@H](COCc2ccccc2)NC(=O)C(C)(C)NC(=O)OC(C)(C)C)c1. The van der Waals surface area contributed by atoms with E-state index in [1.807, 2.05) is 37.3 Å². The van der Waals surface area contributed by atoms with Gasteiger partial charge in [-0.25, -0.2) is 14.6 Å². The molecule has 2 atom stereocenters. The summed E-state index contributed by atoms with van der Waals surface area (Å²) in [5.74, 6) is -0.993. The number of carbonyl (C=O) groups is 4. The molecule has 3 aromatic rings. The molecule has 1 unspecified atom stereocenters. The molecular formula is C34H45N5O8. The van der Waals surface area contributed by atoms with Gasteiger partial charge in [-0.3, -0.25) is 9.59 Å². The maximum Gasteiger partial charge on any atom is 0.408 e. The van der Waals surface area contributed by atoms with Gasteiger partial charge in [0, 0.05) is 6.20 Å². The molecule has 0 radical (unpaired) electrons. The number of nitrogens with zero attached hydrogens (tertiary/aromatic N) is 2. The Kier molecular flexibility index (Phi) is 12.9. The van der Waals surface area contributed by atoms with Gasteiger partial charge in [0.1, 0.15) is 22.9 Å². The van der Waals surface area contributed by atoms with Gasteiger partial charge in [0.25, 0.3) is 5.91 Å². The van der Waals surface area contributed by atoms with E-state index in [2.05, 4.69) is 20.9 Å². The molecule has 1 heterocycles. The number of hydrogen-bond donors (Lipinski definition) is 3. The molecule has 47 heavy (non-hydrogen) atoms. The second-order valence-electron chi connectivity index (χ2n) is 12.1. The fraction of sp³-hybridized carbons (Fsp3) is 0.441. The monoisotopic (exact) mass is 651 g/mol. The van der Waals surface area contributed by atoms with Crippen molar-refractivity contribution in [1.82, 2.24) is 20.2 Å². The summed E-state index contributed by atoms with van der Waals surface area (Å²) in [4.78, 5) is 56.5. The first-order chi connectivity index (χ1) is 22.2. The molecule has 0 saturated carbocycles. The van der Waals surface area contributed by atoms with Crippen LogP contribution in [0, 0.1) is 0 Å². The zero-order valence-corrected chi connectivity index (χ0v) is 28.0. The van der Waals surface area contributed by atoms with Gasteiger partial charge in [0.2, 0.25) is 5.91 Å². The lowest BCUT2D eigenvalue weighted by Gasteiger charge is -2.29. The van der Waals surface area contributed by atoms with Gasteiger partial charge in [-0.15, -0.1) is 0 Å². The van der Waals surface area contributed by atoms with E-state index in [9.17, 15) is 19.2 Å². The number of esters is 1. The third-order valence-corrected chi connectivity index (χ3v) is 6.57. The summed E-state index contributed by atoms with van der Waals surface area (Å²) in [5, 5.41) is 7.90. The van der Waals surface area contributed by atoms with Crippen LogP contribution in [0.3, 0.4) is 0 Å². The van der Waals surface area contributed by atoms with Crippen LogP contribution in [0.5, 0.6) is 5.75 Å². The topological polar surface area (TPSA) is 159 Å². The molecular weight excluding hydrogens is 606 g/mol. The second kappa shape index (κ2) is 16.6. The molecule has 3 amide bonds. The first-order valence-corrected chi connectivity index (χ1v) is 15.4. The van der Waals surface area contributed by atoms with Crippen molar-refractivity contribution in [2.75, 3.05) is 25.1 Å². The summed E-state index contributed by atoms with van der Waals surface area (Å²) < 4.78 is 23.4.